The molecule has 1 aliphatic heterocycles. The molecule has 1 unspecified atom stereocenters. The van der Waals surface area contributed by atoms with Gasteiger partial charge in [-0.3, -0.25) is 0 Å². The predicted molar refractivity (Wildman–Crippen MR) is 83.9 cm³/mol. The summed E-state index contributed by atoms with van der Waals surface area (Å²) < 4.78 is 5.59. The standard InChI is InChI=1S/C16H26N4O/c1-3-21-16-12(2)15(18-11-19-16)20-8-4-5-13(10-20)9-17-14-6-7-14/h11,13-14,17H,3-10H2,1-2H3. The van der Waals surface area contributed by atoms with Crippen LogP contribution in [0.2, 0.25) is 0 Å². The van der Waals surface area contributed by atoms with Gasteiger partial charge in [-0.2, -0.15) is 0 Å². The van der Waals surface area contributed by atoms with Gasteiger partial charge >= 0.3 is 0 Å². The Kier molecular flexibility index (Phi) is 4.58. The van der Waals surface area contributed by atoms with Crippen molar-refractivity contribution in [2.24, 2.45) is 5.92 Å². The van der Waals surface area contributed by atoms with Crippen molar-refractivity contribution in [1.29, 1.82) is 0 Å². The molecule has 116 valence electrons. The average molecular weight is 290 g/mol. The van der Waals surface area contributed by atoms with E-state index in [2.05, 4.69) is 27.1 Å². The molecule has 3 rings (SSSR count). The number of aromatic nitrogens is 2. The van der Waals surface area contributed by atoms with E-state index in [0.717, 1.165) is 48.9 Å². The van der Waals surface area contributed by atoms with Crippen LogP contribution < -0.4 is 15.0 Å². The van der Waals surface area contributed by atoms with Gasteiger partial charge in [0, 0.05) is 19.1 Å². The number of piperidine rings is 1. The zero-order chi connectivity index (χ0) is 14.7. The van der Waals surface area contributed by atoms with Crippen LogP contribution in [0.25, 0.3) is 0 Å². The average Bonchev–Trinajstić information content (AvgIpc) is 3.32. The molecular weight excluding hydrogens is 264 g/mol. The second kappa shape index (κ2) is 6.60. The van der Waals surface area contributed by atoms with Gasteiger partial charge in [-0.25, -0.2) is 9.97 Å². The van der Waals surface area contributed by atoms with E-state index in [1.165, 1.54) is 25.7 Å². The molecular formula is C16H26N4O. The summed E-state index contributed by atoms with van der Waals surface area (Å²) >= 11 is 0. The van der Waals surface area contributed by atoms with Gasteiger partial charge in [-0.15, -0.1) is 0 Å². The fourth-order valence-electron chi connectivity index (χ4n) is 3.07. The lowest BCUT2D eigenvalue weighted by molar-refractivity contribution is 0.323. The molecule has 0 aromatic carbocycles. The van der Waals surface area contributed by atoms with Gasteiger partial charge < -0.3 is 15.0 Å². The zero-order valence-corrected chi connectivity index (χ0v) is 13.1. The SMILES string of the molecule is CCOc1ncnc(N2CCCC(CNC3CC3)C2)c1C. The van der Waals surface area contributed by atoms with Crippen molar-refractivity contribution in [3.63, 3.8) is 0 Å². The summed E-state index contributed by atoms with van der Waals surface area (Å²) in [5, 5.41) is 3.66. The van der Waals surface area contributed by atoms with Crippen molar-refractivity contribution in [3.8, 4) is 5.88 Å². The van der Waals surface area contributed by atoms with Crippen molar-refractivity contribution in [2.75, 3.05) is 31.1 Å². The third kappa shape index (κ3) is 3.64. The highest BCUT2D eigenvalue weighted by Gasteiger charge is 2.26. The summed E-state index contributed by atoms with van der Waals surface area (Å²) in [6.07, 6.45) is 6.90. The lowest BCUT2D eigenvalue weighted by atomic mass is 9.97. The van der Waals surface area contributed by atoms with Crippen LogP contribution >= 0.6 is 0 Å². The number of anilines is 1. The fourth-order valence-corrected chi connectivity index (χ4v) is 3.07. The third-order valence-corrected chi connectivity index (χ3v) is 4.38. The number of hydrogen-bond donors (Lipinski definition) is 1. The van der Waals surface area contributed by atoms with E-state index in [1.807, 2.05) is 6.92 Å². The number of hydrogen-bond acceptors (Lipinski definition) is 5. The van der Waals surface area contributed by atoms with Crippen molar-refractivity contribution in [1.82, 2.24) is 15.3 Å². The second-order valence-corrected chi connectivity index (χ2v) is 6.20. The molecule has 1 aliphatic carbocycles. The molecule has 2 fully saturated rings. The van der Waals surface area contributed by atoms with E-state index in [-0.39, 0.29) is 0 Å². The Hall–Kier alpha value is -1.36. The predicted octanol–water partition coefficient (Wildman–Crippen LogP) is 2.15. The Morgan fingerprint density at radius 3 is 2.95 bits per heavy atom. The summed E-state index contributed by atoms with van der Waals surface area (Å²) in [4.78, 5) is 11.1. The molecule has 0 spiro atoms. The van der Waals surface area contributed by atoms with Gasteiger partial charge in [0.2, 0.25) is 5.88 Å². The summed E-state index contributed by atoms with van der Waals surface area (Å²) in [6.45, 7) is 8.01. The van der Waals surface area contributed by atoms with Gasteiger partial charge in [0.15, 0.2) is 0 Å². The van der Waals surface area contributed by atoms with E-state index in [1.54, 1.807) is 6.33 Å². The minimum atomic E-state index is 0.644. The van der Waals surface area contributed by atoms with Gasteiger partial charge in [0.1, 0.15) is 12.1 Å². The maximum Gasteiger partial charge on any atom is 0.221 e. The maximum absolute atomic E-state index is 5.59. The van der Waals surface area contributed by atoms with Crippen LogP contribution in [0.4, 0.5) is 5.82 Å². The monoisotopic (exact) mass is 290 g/mol. The molecule has 1 N–H and O–H groups in total. The van der Waals surface area contributed by atoms with Crippen molar-refractivity contribution < 1.29 is 4.74 Å². The Balaban J connectivity index is 1.65. The minimum absolute atomic E-state index is 0.644. The second-order valence-electron chi connectivity index (χ2n) is 6.20. The Morgan fingerprint density at radius 1 is 1.33 bits per heavy atom. The van der Waals surface area contributed by atoms with E-state index < -0.39 is 0 Å². The summed E-state index contributed by atoms with van der Waals surface area (Å²) in [7, 11) is 0. The van der Waals surface area contributed by atoms with Crippen molar-refractivity contribution in [2.45, 2.75) is 45.6 Å². The molecule has 0 radical (unpaired) electrons. The normalized spacial score (nSPS) is 22.4. The van der Waals surface area contributed by atoms with Crippen LogP contribution in [0.3, 0.4) is 0 Å². The highest BCUT2D eigenvalue weighted by atomic mass is 16.5. The molecule has 1 saturated heterocycles. The largest absolute Gasteiger partial charge is 0.478 e. The number of rotatable bonds is 6. The lowest BCUT2D eigenvalue weighted by Crippen LogP contribution is -2.40. The maximum atomic E-state index is 5.59. The molecule has 2 heterocycles. The van der Waals surface area contributed by atoms with E-state index in [9.17, 15) is 0 Å². The fraction of sp³-hybridized carbons (Fsp3) is 0.750. The first kappa shape index (κ1) is 14.6. The van der Waals surface area contributed by atoms with E-state index in [0.29, 0.717) is 6.61 Å². The number of ether oxygens (including phenoxy) is 1. The molecule has 2 aliphatic rings. The van der Waals surface area contributed by atoms with Crippen LogP contribution in [0.5, 0.6) is 5.88 Å². The first-order chi connectivity index (χ1) is 10.3. The topological polar surface area (TPSA) is 50.3 Å². The van der Waals surface area contributed by atoms with Crippen LogP contribution in [-0.4, -0.2) is 42.3 Å². The van der Waals surface area contributed by atoms with Gasteiger partial charge in [-0.1, -0.05) is 0 Å². The van der Waals surface area contributed by atoms with Crippen LogP contribution in [0, 0.1) is 12.8 Å². The third-order valence-electron chi connectivity index (χ3n) is 4.38. The Bertz CT molecular complexity index is 475. The van der Waals surface area contributed by atoms with Crippen LogP contribution in [0.15, 0.2) is 6.33 Å². The molecule has 1 aromatic rings. The molecule has 5 heteroatoms. The molecule has 21 heavy (non-hydrogen) atoms. The molecule has 1 aromatic heterocycles. The lowest BCUT2D eigenvalue weighted by Gasteiger charge is -2.34. The molecule has 5 nitrogen and oxygen atoms in total. The van der Waals surface area contributed by atoms with Crippen molar-refractivity contribution >= 4 is 5.82 Å². The smallest absolute Gasteiger partial charge is 0.221 e. The quantitative estimate of drug-likeness (QED) is 0.870. The highest BCUT2D eigenvalue weighted by molar-refractivity contribution is 5.50. The van der Waals surface area contributed by atoms with Gasteiger partial charge in [0.05, 0.1) is 12.2 Å². The molecule has 1 saturated carbocycles. The van der Waals surface area contributed by atoms with Crippen LogP contribution in [0.1, 0.15) is 38.2 Å². The minimum Gasteiger partial charge on any atom is -0.478 e. The van der Waals surface area contributed by atoms with E-state index >= 15 is 0 Å². The summed E-state index contributed by atoms with van der Waals surface area (Å²) in [6, 6.07) is 0.797. The zero-order valence-electron chi connectivity index (χ0n) is 13.1. The number of nitrogens with zero attached hydrogens (tertiary/aromatic N) is 3. The molecule has 0 amide bonds. The van der Waals surface area contributed by atoms with Gasteiger partial charge in [0.25, 0.3) is 0 Å². The molecule has 0 bridgehead atoms. The van der Waals surface area contributed by atoms with Crippen LogP contribution in [-0.2, 0) is 0 Å². The van der Waals surface area contributed by atoms with E-state index in [4.69, 9.17) is 4.74 Å². The first-order valence-corrected chi connectivity index (χ1v) is 8.20. The summed E-state index contributed by atoms with van der Waals surface area (Å²) in [5.41, 5.74) is 1.06. The Labute approximate surface area is 127 Å². The highest BCUT2D eigenvalue weighted by Crippen LogP contribution is 2.28. The number of nitrogens with one attached hydrogen (secondary N) is 1. The van der Waals surface area contributed by atoms with Crippen molar-refractivity contribution in [3.05, 3.63) is 11.9 Å². The Morgan fingerprint density at radius 2 is 2.19 bits per heavy atom. The first-order valence-electron chi connectivity index (χ1n) is 8.20. The van der Waals surface area contributed by atoms with Gasteiger partial charge in [-0.05, 0) is 52.0 Å². The summed E-state index contributed by atoms with van der Waals surface area (Å²) in [5.74, 6) is 2.49. The molecule has 1 atom stereocenters.